The minimum atomic E-state index is -0.174. The van der Waals surface area contributed by atoms with E-state index in [1.807, 2.05) is 0 Å². The second kappa shape index (κ2) is 4.16. The van der Waals surface area contributed by atoms with Crippen molar-refractivity contribution in [1.29, 1.82) is 0 Å². The van der Waals surface area contributed by atoms with Gasteiger partial charge < -0.3 is 4.74 Å². The first-order valence-electron chi connectivity index (χ1n) is 5.26. The van der Waals surface area contributed by atoms with E-state index in [2.05, 4.69) is 20.8 Å². The Labute approximate surface area is 86.3 Å². The Morgan fingerprint density at radius 3 is 2.43 bits per heavy atom. The molecule has 1 fully saturated rings. The molecule has 0 spiro atoms. The van der Waals surface area contributed by atoms with Crippen molar-refractivity contribution >= 4 is 5.97 Å². The first-order valence-corrected chi connectivity index (χ1v) is 5.26. The fourth-order valence-corrected chi connectivity index (χ4v) is 2.23. The second-order valence-corrected chi connectivity index (χ2v) is 4.63. The molecule has 0 radical (unpaired) electrons. The number of hydrogen-bond donors (Lipinski definition) is 0. The van der Waals surface area contributed by atoms with Crippen molar-refractivity contribution in [3.63, 3.8) is 0 Å². The first kappa shape index (κ1) is 11.3. The highest BCUT2D eigenvalue weighted by Gasteiger charge is 2.37. The molecule has 1 atom stereocenters. The molecule has 80 valence electrons. The van der Waals surface area contributed by atoms with E-state index in [4.69, 9.17) is 4.74 Å². The van der Waals surface area contributed by atoms with E-state index >= 15 is 0 Å². The average molecular weight is 196 g/mol. The number of hydrogen-bond acceptors (Lipinski definition) is 2. The summed E-state index contributed by atoms with van der Waals surface area (Å²) >= 11 is 0. The molecular weight excluding hydrogens is 176 g/mol. The van der Waals surface area contributed by atoms with Gasteiger partial charge in [-0.25, -0.2) is 0 Å². The Kier molecular flexibility index (Phi) is 3.35. The quantitative estimate of drug-likeness (QED) is 0.512. The zero-order valence-corrected chi connectivity index (χ0v) is 9.64. The van der Waals surface area contributed by atoms with Crippen LogP contribution in [-0.2, 0) is 9.53 Å². The monoisotopic (exact) mass is 196 g/mol. The highest BCUT2D eigenvalue weighted by Crippen LogP contribution is 2.49. The average Bonchev–Trinajstić information content (AvgIpc) is 2.00. The number of esters is 1. The van der Waals surface area contributed by atoms with Gasteiger partial charge in [-0.15, -0.1) is 0 Å². The van der Waals surface area contributed by atoms with Gasteiger partial charge in [0.2, 0.25) is 0 Å². The maximum absolute atomic E-state index is 10.6. The summed E-state index contributed by atoms with van der Waals surface area (Å²) in [4.78, 5) is 10.6. The molecular formula is C12H20O2. The SMILES string of the molecule is CC(=O)OCCC1(C)CCC1=C(C)C. The van der Waals surface area contributed by atoms with Crippen LogP contribution in [0.4, 0.5) is 0 Å². The topological polar surface area (TPSA) is 26.3 Å². The maximum atomic E-state index is 10.6. The van der Waals surface area contributed by atoms with Crippen LogP contribution in [-0.4, -0.2) is 12.6 Å². The van der Waals surface area contributed by atoms with Crippen LogP contribution in [0.15, 0.2) is 11.1 Å². The third kappa shape index (κ3) is 2.37. The second-order valence-electron chi connectivity index (χ2n) is 4.63. The van der Waals surface area contributed by atoms with Crippen LogP contribution in [0.1, 0.15) is 47.0 Å². The van der Waals surface area contributed by atoms with Gasteiger partial charge in [0.05, 0.1) is 6.61 Å². The fourth-order valence-electron chi connectivity index (χ4n) is 2.23. The number of carbonyl (C=O) groups is 1. The van der Waals surface area contributed by atoms with Crippen molar-refractivity contribution in [3.05, 3.63) is 11.1 Å². The van der Waals surface area contributed by atoms with Crippen molar-refractivity contribution in [3.8, 4) is 0 Å². The van der Waals surface area contributed by atoms with Crippen LogP contribution in [0.25, 0.3) is 0 Å². The van der Waals surface area contributed by atoms with Crippen LogP contribution >= 0.6 is 0 Å². The van der Waals surface area contributed by atoms with Crippen molar-refractivity contribution in [1.82, 2.24) is 0 Å². The van der Waals surface area contributed by atoms with Gasteiger partial charge in [-0.1, -0.05) is 18.1 Å². The van der Waals surface area contributed by atoms with Gasteiger partial charge in [0.15, 0.2) is 0 Å². The lowest BCUT2D eigenvalue weighted by molar-refractivity contribution is -0.141. The van der Waals surface area contributed by atoms with E-state index in [-0.39, 0.29) is 5.97 Å². The molecule has 1 unspecified atom stereocenters. The van der Waals surface area contributed by atoms with Gasteiger partial charge in [0.25, 0.3) is 0 Å². The van der Waals surface area contributed by atoms with Crippen LogP contribution < -0.4 is 0 Å². The summed E-state index contributed by atoms with van der Waals surface area (Å²) in [5.74, 6) is -0.174. The molecule has 0 saturated heterocycles. The van der Waals surface area contributed by atoms with E-state index in [1.54, 1.807) is 5.57 Å². The zero-order valence-electron chi connectivity index (χ0n) is 9.64. The first-order chi connectivity index (χ1) is 6.46. The lowest BCUT2D eigenvalue weighted by atomic mass is 9.62. The molecule has 0 aromatic carbocycles. The molecule has 0 aromatic heterocycles. The minimum absolute atomic E-state index is 0.174. The lowest BCUT2D eigenvalue weighted by Gasteiger charge is -2.43. The summed E-state index contributed by atoms with van der Waals surface area (Å²) in [6.07, 6.45) is 3.42. The molecule has 1 rings (SSSR count). The summed E-state index contributed by atoms with van der Waals surface area (Å²) < 4.78 is 4.98. The van der Waals surface area contributed by atoms with E-state index in [0.29, 0.717) is 12.0 Å². The van der Waals surface area contributed by atoms with E-state index < -0.39 is 0 Å². The third-order valence-corrected chi connectivity index (χ3v) is 3.22. The van der Waals surface area contributed by atoms with E-state index in [1.165, 1.54) is 25.3 Å². The summed E-state index contributed by atoms with van der Waals surface area (Å²) in [5.41, 5.74) is 3.29. The van der Waals surface area contributed by atoms with Gasteiger partial charge in [0, 0.05) is 6.92 Å². The van der Waals surface area contributed by atoms with Crippen molar-refractivity contribution < 1.29 is 9.53 Å². The smallest absolute Gasteiger partial charge is 0.302 e. The molecule has 2 nitrogen and oxygen atoms in total. The highest BCUT2D eigenvalue weighted by molar-refractivity contribution is 5.65. The van der Waals surface area contributed by atoms with Gasteiger partial charge in [-0.2, -0.15) is 0 Å². The normalized spacial score (nSPS) is 25.6. The van der Waals surface area contributed by atoms with Gasteiger partial charge >= 0.3 is 5.97 Å². The molecule has 0 amide bonds. The molecule has 0 heterocycles. The molecule has 0 aliphatic heterocycles. The third-order valence-electron chi connectivity index (χ3n) is 3.22. The number of rotatable bonds is 3. The summed E-state index contributed by atoms with van der Waals surface area (Å²) in [6, 6.07) is 0. The summed E-state index contributed by atoms with van der Waals surface area (Å²) in [7, 11) is 0. The lowest BCUT2D eigenvalue weighted by Crippen LogP contribution is -2.31. The number of allylic oxidation sites excluding steroid dienone is 2. The number of carbonyl (C=O) groups excluding carboxylic acids is 1. The standard InChI is InChI=1S/C12H20O2/c1-9(2)11-5-6-12(11,4)7-8-14-10(3)13/h5-8H2,1-4H3. The largest absolute Gasteiger partial charge is 0.466 e. The van der Waals surface area contributed by atoms with Crippen LogP contribution in [0.5, 0.6) is 0 Å². The highest BCUT2D eigenvalue weighted by atomic mass is 16.5. The molecule has 0 bridgehead atoms. The van der Waals surface area contributed by atoms with Crippen molar-refractivity contribution in [2.24, 2.45) is 5.41 Å². The summed E-state index contributed by atoms with van der Waals surface area (Å²) in [6.45, 7) is 8.62. The molecule has 1 saturated carbocycles. The fraction of sp³-hybridized carbons (Fsp3) is 0.750. The Morgan fingerprint density at radius 2 is 2.07 bits per heavy atom. The molecule has 1 aliphatic carbocycles. The van der Waals surface area contributed by atoms with Gasteiger partial charge in [-0.3, -0.25) is 4.79 Å². The summed E-state index contributed by atoms with van der Waals surface area (Å²) in [5, 5.41) is 0. The van der Waals surface area contributed by atoms with Crippen LogP contribution in [0, 0.1) is 5.41 Å². The van der Waals surface area contributed by atoms with Crippen molar-refractivity contribution in [2.75, 3.05) is 6.61 Å². The molecule has 2 heteroatoms. The van der Waals surface area contributed by atoms with Gasteiger partial charge in [-0.05, 0) is 38.5 Å². The van der Waals surface area contributed by atoms with Gasteiger partial charge in [0.1, 0.15) is 0 Å². The molecule has 0 N–H and O–H groups in total. The molecule has 14 heavy (non-hydrogen) atoms. The van der Waals surface area contributed by atoms with Crippen LogP contribution in [0.3, 0.4) is 0 Å². The minimum Gasteiger partial charge on any atom is -0.466 e. The Morgan fingerprint density at radius 1 is 1.43 bits per heavy atom. The Bertz CT molecular complexity index is 261. The molecule has 0 aromatic rings. The van der Waals surface area contributed by atoms with E-state index in [9.17, 15) is 4.79 Å². The Balaban J connectivity index is 2.44. The van der Waals surface area contributed by atoms with E-state index in [0.717, 1.165) is 6.42 Å². The predicted molar refractivity (Wildman–Crippen MR) is 57.0 cm³/mol. The number of ether oxygens (including phenoxy) is 1. The predicted octanol–water partition coefficient (Wildman–Crippen LogP) is 3.08. The maximum Gasteiger partial charge on any atom is 0.302 e. The zero-order chi connectivity index (χ0) is 10.8. The Hall–Kier alpha value is -0.790. The molecule has 1 aliphatic rings. The van der Waals surface area contributed by atoms with Crippen LogP contribution in [0.2, 0.25) is 0 Å². The van der Waals surface area contributed by atoms with Crippen molar-refractivity contribution in [2.45, 2.75) is 47.0 Å².